The van der Waals surface area contributed by atoms with Crippen molar-refractivity contribution in [2.45, 2.75) is 38.5 Å². The number of nitrogens with one attached hydrogen (secondary N) is 2. The van der Waals surface area contributed by atoms with Gasteiger partial charge in [-0.2, -0.15) is 0 Å². The maximum atomic E-state index is 12.6. The van der Waals surface area contributed by atoms with Crippen molar-refractivity contribution in [2.75, 3.05) is 36.4 Å². The SMILES string of the molecule is CC1C(=O)N2CCCc3cc(NC(=O)C(=O)NCC4CCN(C(=O)/C=C/c5ccco5)CC4)cc1c32. The van der Waals surface area contributed by atoms with Crippen molar-refractivity contribution in [1.82, 2.24) is 10.2 Å². The number of furan rings is 1. The molecule has 9 nitrogen and oxygen atoms in total. The minimum absolute atomic E-state index is 0.0687. The van der Waals surface area contributed by atoms with E-state index in [2.05, 4.69) is 10.6 Å². The van der Waals surface area contributed by atoms with Crippen LogP contribution in [0, 0.1) is 5.92 Å². The molecule has 1 atom stereocenters. The first-order chi connectivity index (χ1) is 17.4. The van der Waals surface area contributed by atoms with Gasteiger partial charge in [-0.05, 0) is 80.0 Å². The van der Waals surface area contributed by atoms with Crippen molar-refractivity contribution in [2.24, 2.45) is 5.92 Å². The molecule has 36 heavy (non-hydrogen) atoms. The van der Waals surface area contributed by atoms with Crippen LogP contribution in [-0.4, -0.2) is 54.7 Å². The maximum Gasteiger partial charge on any atom is 0.313 e. The van der Waals surface area contributed by atoms with E-state index in [9.17, 15) is 19.2 Å². The van der Waals surface area contributed by atoms with Gasteiger partial charge < -0.3 is 24.9 Å². The molecule has 5 rings (SSSR count). The molecular formula is C27H30N4O5. The third-order valence-corrected chi connectivity index (χ3v) is 7.29. The number of anilines is 2. The van der Waals surface area contributed by atoms with Gasteiger partial charge in [0.05, 0.1) is 17.9 Å². The van der Waals surface area contributed by atoms with Gasteiger partial charge in [-0.1, -0.05) is 0 Å². The van der Waals surface area contributed by atoms with Crippen molar-refractivity contribution in [3.8, 4) is 0 Å². The van der Waals surface area contributed by atoms with Gasteiger partial charge in [0.25, 0.3) is 0 Å². The number of hydrogen-bond donors (Lipinski definition) is 2. The van der Waals surface area contributed by atoms with Crippen molar-refractivity contribution in [3.05, 3.63) is 53.5 Å². The largest absolute Gasteiger partial charge is 0.465 e. The van der Waals surface area contributed by atoms with Gasteiger partial charge in [-0.15, -0.1) is 0 Å². The number of carbonyl (C=O) groups is 4. The maximum absolute atomic E-state index is 12.6. The second-order valence-electron chi connectivity index (χ2n) is 9.67. The Bertz CT molecular complexity index is 1210. The smallest absolute Gasteiger partial charge is 0.313 e. The summed E-state index contributed by atoms with van der Waals surface area (Å²) in [4.78, 5) is 53.5. The van der Waals surface area contributed by atoms with Crippen LogP contribution in [0.15, 0.2) is 41.0 Å². The van der Waals surface area contributed by atoms with Crippen LogP contribution in [-0.2, 0) is 25.6 Å². The van der Waals surface area contributed by atoms with Crippen LogP contribution in [0.3, 0.4) is 0 Å². The minimum Gasteiger partial charge on any atom is -0.465 e. The third kappa shape index (κ3) is 4.78. The average molecular weight is 491 g/mol. The van der Waals surface area contributed by atoms with Gasteiger partial charge in [0, 0.05) is 37.9 Å². The molecule has 0 aliphatic carbocycles. The second-order valence-corrected chi connectivity index (χ2v) is 9.67. The normalized spacial score (nSPS) is 19.5. The van der Waals surface area contributed by atoms with Gasteiger partial charge in [0.1, 0.15) is 5.76 Å². The van der Waals surface area contributed by atoms with E-state index in [-0.39, 0.29) is 23.7 Å². The first kappa shape index (κ1) is 23.8. The molecule has 2 aromatic rings. The topological polar surface area (TPSA) is 112 Å². The highest BCUT2D eigenvalue weighted by atomic mass is 16.3. The van der Waals surface area contributed by atoms with Gasteiger partial charge in [-0.25, -0.2) is 0 Å². The summed E-state index contributed by atoms with van der Waals surface area (Å²) in [5, 5.41) is 5.44. The predicted octanol–water partition coefficient (Wildman–Crippen LogP) is 2.68. The second kappa shape index (κ2) is 10.0. The van der Waals surface area contributed by atoms with Crippen LogP contribution in [0.1, 0.15) is 49.0 Å². The summed E-state index contributed by atoms with van der Waals surface area (Å²) < 4.78 is 5.20. The number of benzene rings is 1. The molecule has 0 saturated carbocycles. The molecule has 4 amide bonds. The fourth-order valence-electron chi connectivity index (χ4n) is 5.28. The first-order valence-electron chi connectivity index (χ1n) is 12.5. The van der Waals surface area contributed by atoms with Gasteiger partial charge in [0.15, 0.2) is 0 Å². The minimum atomic E-state index is -0.720. The summed E-state index contributed by atoms with van der Waals surface area (Å²) in [5.41, 5.74) is 3.46. The third-order valence-electron chi connectivity index (χ3n) is 7.29. The van der Waals surface area contributed by atoms with E-state index >= 15 is 0 Å². The molecule has 0 bridgehead atoms. The number of carbonyl (C=O) groups excluding carboxylic acids is 4. The number of piperidine rings is 1. The summed E-state index contributed by atoms with van der Waals surface area (Å²) in [6.45, 7) is 4.18. The molecule has 188 valence electrons. The Kier molecular flexibility index (Phi) is 6.63. The lowest BCUT2D eigenvalue weighted by molar-refractivity contribution is -0.136. The zero-order chi connectivity index (χ0) is 25.2. The number of amides is 4. The summed E-state index contributed by atoms with van der Waals surface area (Å²) >= 11 is 0. The fourth-order valence-corrected chi connectivity index (χ4v) is 5.28. The van der Waals surface area contributed by atoms with Crippen LogP contribution in [0.25, 0.3) is 6.08 Å². The van der Waals surface area contributed by atoms with E-state index in [0.717, 1.165) is 49.0 Å². The van der Waals surface area contributed by atoms with Crippen LogP contribution in [0.5, 0.6) is 0 Å². The van der Waals surface area contributed by atoms with Crippen LogP contribution < -0.4 is 15.5 Å². The zero-order valence-corrected chi connectivity index (χ0v) is 20.3. The summed E-state index contributed by atoms with van der Waals surface area (Å²) in [6.07, 6.45) is 7.94. The molecule has 1 aromatic carbocycles. The molecular weight excluding hydrogens is 460 g/mol. The Labute approximate surface area is 209 Å². The average Bonchev–Trinajstić information content (AvgIpc) is 3.50. The lowest BCUT2D eigenvalue weighted by atomic mass is 9.96. The van der Waals surface area contributed by atoms with Crippen molar-refractivity contribution < 1.29 is 23.6 Å². The van der Waals surface area contributed by atoms with E-state index in [1.165, 1.54) is 6.08 Å². The molecule has 1 unspecified atom stereocenters. The molecule has 0 radical (unpaired) electrons. The van der Waals surface area contributed by atoms with Crippen molar-refractivity contribution in [3.63, 3.8) is 0 Å². The Hall–Kier alpha value is -3.88. The summed E-state index contributed by atoms with van der Waals surface area (Å²) in [5.74, 6) is -0.807. The highest BCUT2D eigenvalue weighted by Gasteiger charge is 2.38. The lowest BCUT2D eigenvalue weighted by Gasteiger charge is -2.31. The predicted molar refractivity (Wildman–Crippen MR) is 134 cm³/mol. The van der Waals surface area contributed by atoms with Crippen molar-refractivity contribution >= 4 is 41.1 Å². The Morgan fingerprint density at radius 3 is 2.69 bits per heavy atom. The summed E-state index contributed by atoms with van der Waals surface area (Å²) in [6, 6.07) is 7.23. The number of hydrogen-bond acceptors (Lipinski definition) is 5. The molecule has 2 N–H and O–H groups in total. The summed E-state index contributed by atoms with van der Waals surface area (Å²) in [7, 11) is 0. The van der Waals surface area contributed by atoms with Crippen LogP contribution in [0.4, 0.5) is 11.4 Å². The fraction of sp³-hybridized carbons (Fsp3) is 0.407. The molecule has 1 fully saturated rings. The Morgan fingerprint density at radius 1 is 1.14 bits per heavy atom. The molecule has 1 aromatic heterocycles. The van der Waals surface area contributed by atoms with E-state index in [1.54, 1.807) is 29.4 Å². The first-order valence-corrected chi connectivity index (χ1v) is 12.5. The molecule has 4 heterocycles. The molecule has 3 aliphatic heterocycles. The van der Waals surface area contributed by atoms with E-state index < -0.39 is 11.8 Å². The standard InChI is InChI=1S/C27H30N4O5/c1-17-22-15-20(14-19-4-2-10-31(24(19)22)27(17)35)29-26(34)25(33)28-16-18-8-11-30(12-9-18)23(32)7-6-21-5-3-13-36-21/h3,5-7,13-15,17-18H,2,4,8-12,16H2,1H3,(H,28,33)(H,29,34)/b7-6+. The van der Waals surface area contributed by atoms with Crippen molar-refractivity contribution in [1.29, 1.82) is 0 Å². The molecule has 9 heteroatoms. The number of nitrogens with zero attached hydrogens (tertiary/aromatic N) is 2. The van der Waals surface area contributed by atoms with E-state index in [4.69, 9.17) is 4.42 Å². The Balaban J connectivity index is 1.10. The molecule has 0 spiro atoms. The van der Waals surface area contributed by atoms with Gasteiger partial charge >= 0.3 is 11.8 Å². The number of rotatable bonds is 5. The van der Waals surface area contributed by atoms with Crippen LogP contribution >= 0.6 is 0 Å². The quantitative estimate of drug-likeness (QED) is 0.494. The monoisotopic (exact) mass is 490 g/mol. The zero-order valence-electron chi connectivity index (χ0n) is 20.3. The van der Waals surface area contributed by atoms with Crippen LogP contribution in [0.2, 0.25) is 0 Å². The highest BCUT2D eigenvalue weighted by Crippen LogP contribution is 2.44. The molecule has 3 aliphatic rings. The van der Waals surface area contributed by atoms with E-state index in [0.29, 0.717) is 31.1 Å². The highest BCUT2D eigenvalue weighted by molar-refractivity contribution is 6.39. The number of likely N-dealkylation sites (tertiary alicyclic amines) is 1. The van der Waals surface area contributed by atoms with Gasteiger partial charge in [0.2, 0.25) is 11.8 Å². The molecule has 1 saturated heterocycles. The van der Waals surface area contributed by atoms with E-state index in [1.807, 2.05) is 24.0 Å². The number of aryl methyl sites for hydroxylation is 1. The lowest BCUT2D eigenvalue weighted by Crippen LogP contribution is -2.43. The van der Waals surface area contributed by atoms with Gasteiger partial charge in [-0.3, -0.25) is 19.2 Å². The Morgan fingerprint density at radius 2 is 1.94 bits per heavy atom.